The molecule has 32 heavy (non-hydrogen) atoms. The highest BCUT2D eigenvalue weighted by molar-refractivity contribution is 9.10. The van der Waals surface area contributed by atoms with E-state index in [9.17, 15) is 0 Å². The van der Waals surface area contributed by atoms with Gasteiger partial charge in [0.05, 0.1) is 16.8 Å². The van der Waals surface area contributed by atoms with Crippen molar-refractivity contribution in [3.63, 3.8) is 0 Å². The summed E-state index contributed by atoms with van der Waals surface area (Å²) in [7, 11) is 0. The molecule has 0 bridgehead atoms. The number of halogens is 3. The van der Waals surface area contributed by atoms with Gasteiger partial charge in [0.25, 0.3) is 0 Å². The molecule has 0 amide bonds. The minimum Gasteiger partial charge on any atom is -0.463 e. The number of hydrazone groups is 1. The van der Waals surface area contributed by atoms with E-state index in [0.717, 1.165) is 33.3 Å². The van der Waals surface area contributed by atoms with Crippen molar-refractivity contribution < 1.29 is 4.74 Å². The van der Waals surface area contributed by atoms with Crippen LogP contribution in [0.25, 0.3) is 10.8 Å². The van der Waals surface area contributed by atoms with Crippen LogP contribution in [0.5, 0.6) is 5.75 Å². The molecule has 6 heteroatoms. The predicted octanol–water partition coefficient (Wildman–Crippen LogP) is 8.15. The minimum atomic E-state index is -0.378. The summed E-state index contributed by atoms with van der Waals surface area (Å²) in [5.74, 6) is 0.681. The fourth-order valence-corrected chi connectivity index (χ4v) is 5.32. The van der Waals surface area contributed by atoms with E-state index in [1.807, 2.05) is 35.3 Å². The Morgan fingerprint density at radius 2 is 1.69 bits per heavy atom. The molecule has 4 aromatic rings. The van der Waals surface area contributed by atoms with E-state index in [1.165, 1.54) is 10.8 Å². The van der Waals surface area contributed by atoms with Gasteiger partial charge >= 0.3 is 0 Å². The van der Waals surface area contributed by atoms with Crippen molar-refractivity contribution in [1.29, 1.82) is 0 Å². The second-order valence-corrected chi connectivity index (χ2v) is 9.80. The molecule has 0 spiro atoms. The van der Waals surface area contributed by atoms with Crippen LogP contribution in [0.4, 0.5) is 0 Å². The van der Waals surface area contributed by atoms with Gasteiger partial charge in [0, 0.05) is 27.0 Å². The lowest BCUT2D eigenvalue weighted by atomic mass is 9.95. The molecular formula is C26H17BrCl2N2O. The highest BCUT2D eigenvalue weighted by atomic mass is 79.9. The molecule has 0 fully saturated rings. The molecule has 4 aromatic carbocycles. The van der Waals surface area contributed by atoms with Crippen molar-refractivity contribution in [1.82, 2.24) is 5.01 Å². The number of nitrogens with zero attached hydrogens (tertiary/aromatic N) is 2. The van der Waals surface area contributed by atoms with E-state index in [2.05, 4.69) is 58.4 Å². The Labute approximate surface area is 204 Å². The first-order valence-electron chi connectivity index (χ1n) is 10.3. The average molecular weight is 524 g/mol. The number of hydrogen-bond donors (Lipinski definition) is 0. The minimum absolute atomic E-state index is 0.00920. The first-order valence-corrected chi connectivity index (χ1v) is 11.9. The Bertz CT molecular complexity index is 1390. The van der Waals surface area contributed by atoms with Crippen LogP contribution in [-0.2, 0) is 0 Å². The van der Waals surface area contributed by atoms with E-state index >= 15 is 0 Å². The molecular weight excluding hydrogens is 507 g/mol. The van der Waals surface area contributed by atoms with Crippen molar-refractivity contribution in [3.8, 4) is 5.75 Å². The van der Waals surface area contributed by atoms with Crippen LogP contribution in [0.1, 0.15) is 35.4 Å². The van der Waals surface area contributed by atoms with Crippen LogP contribution >= 0.6 is 39.1 Å². The van der Waals surface area contributed by atoms with Crippen molar-refractivity contribution in [2.75, 3.05) is 0 Å². The third-order valence-electron chi connectivity index (χ3n) is 6.05. The Hall–Kier alpha value is -2.53. The highest BCUT2D eigenvalue weighted by Gasteiger charge is 2.42. The lowest BCUT2D eigenvalue weighted by Crippen LogP contribution is -2.33. The molecule has 158 valence electrons. The Kier molecular flexibility index (Phi) is 4.90. The zero-order valence-electron chi connectivity index (χ0n) is 16.8. The van der Waals surface area contributed by atoms with Gasteiger partial charge in [-0.25, -0.2) is 5.01 Å². The van der Waals surface area contributed by atoms with Crippen LogP contribution in [0.3, 0.4) is 0 Å². The summed E-state index contributed by atoms with van der Waals surface area (Å²) in [6, 6.07) is 26.6. The molecule has 0 aliphatic carbocycles. The lowest BCUT2D eigenvalue weighted by Gasteiger charge is -2.38. The first kappa shape index (κ1) is 20.1. The summed E-state index contributed by atoms with van der Waals surface area (Å²) in [5, 5.41) is 10.6. The van der Waals surface area contributed by atoms with Crippen LogP contribution in [0.15, 0.2) is 88.4 Å². The van der Waals surface area contributed by atoms with Crippen LogP contribution < -0.4 is 4.74 Å². The number of fused-ring (bicyclic) bond motifs is 4. The maximum atomic E-state index is 6.56. The molecule has 0 aromatic heterocycles. The third-order valence-corrected chi connectivity index (χ3v) is 7.07. The largest absolute Gasteiger partial charge is 0.463 e. The van der Waals surface area contributed by atoms with E-state index in [-0.39, 0.29) is 12.3 Å². The second-order valence-electron chi connectivity index (χ2n) is 8.04. The maximum Gasteiger partial charge on any atom is 0.213 e. The van der Waals surface area contributed by atoms with E-state index < -0.39 is 0 Å². The monoisotopic (exact) mass is 522 g/mol. The molecule has 0 saturated heterocycles. The quantitative estimate of drug-likeness (QED) is 0.265. The Morgan fingerprint density at radius 3 is 2.50 bits per heavy atom. The molecule has 0 unspecified atom stereocenters. The summed E-state index contributed by atoms with van der Waals surface area (Å²) in [6.07, 6.45) is 0.371. The SMILES string of the molecule is Clc1cc(Cl)c2c(c1)[C@H]1CC(c3ccc4ccccc4c3)=NN1[C@H](c1ccc(Br)cc1)O2. The zero-order chi connectivity index (χ0) is 21.8. The van der Waals surface area contributed by atoms with Gasteiger partial charge in [-0.2, -0.15) is 5.10 Å². The van der Waals surface area contributed by atoms with E-state index in [0.29, 0.717) is 15.8 Å². The van der Waals surface area contributed by atoms with Gasteiger partial charge in [0.1, 0.15) is 5.75 Å². The number of rotatable bonds is 2. The summed E-state index contributed by atoms with van der Waals surface area (Å²) >= 11 is 16.4. The topological polar surface area (TPSA) is 24.8 Å². The highest BCUT2D eigenvalue weighted by Crippen LogP contribution is 2.50. The summed E-state index contributed by atoms with van der Waals surface area (Å²) < 4.78 is 7.44. The standard InChI is InChI=1S/C26H17BrCl2N2O/c27-19-9-7-16(8-10-19)26-31-24(21-12-20(28)13-22(29)25(21)32-26)14-23(30-31)18-6-5-15-3-1-2-4-17(15)11-18/h1-13,24,26H,14H2/t24-,26+/m1/s1. The van der Waals surface area contributed by atoms with Gasteiger partial charge in [-0.15, -0.1) is 0 Å². The molecule has 0 N–H and O–H groups in total. The van der Waals surface area contributed by atoms with Gasteiger partial charge in [0.15, 0.2) is 0 Å². The van der Waals surface area contributed by atoms with Crippen molar-refractivity contribution >= 4 is 55.6 Å². The molecule has 2 atom stereocenters. The smallest absolute Gasteiger partial charge is 0.213 e. The molecule has 2 aliphatic heterocycles. The molecule has 0 radical (unpaired) electrons. The van der Waals surface area contributed by atoms with Crippen molar-refractivity contribution in [3.05, 3.63) is 110 Å². The fraction of sp³-hybridized carbons (Fsp3) is 0.115. The van der Waals surface area contributed by atoms with Crippen LogP contribution in [0.2, 0.25) is 10.0 Å². The Balaban J connectivity index is 1.47. The van der Waals surface area contributed by atoms with E-state index in [1.54, 1.807) is 6.07 Å². The first-order chi connectivity index (χ1) is 15.6. The average Bonchev–Trinajstić information content (AvgIpc) is 3.25. The van der Waals surface area contributed by atoms with Gasteiger partial charge in [-0.3, -0.25) is 0 Å². The number of benzene rings is 4. The molecule has 3 nitrogen and oxygen atoms in total. The molecule has 6 rings (SSSR count). The van der Waals surface area contributed by atoms with Crippen LogP contribution in [-0.4, -0.2) is 10.7 Å². The lowest BCUT2D eigenvalue weighted by molar-refractivity contribution is -0.0189. The number of ether oxygens (including phenoxy) is 1. The summed E-state index contributed by atoms with van der Waals surface area (Å²) in [6.45, 7) is 0. The predicted molar refractivity (Wildman–Crippen MR) is 134 cm³/mol. The van der Waals surface area contributed by atoms with Gasteiger partial charge < -0.3 is 4.74 Å². The van der Waals surface area contributed by atoms with Gasteiger partial charge in [0.2, 0.25) is 6.23 Å². The third kappa shape index (κ3) is 3.38. The van der Waals surface area contributed by atoms with Gasteiger partial charge in [-0.05, 0) is 46.7 Å². The maximum absolute atomic E-state index is 6.56. The summed E-state index contributed by atoms with van der Waals surface area (Å²) in [4.78, 5) is 0. The fourth-order valence-electron chi connectivity index (χ4n) is 4.51. The normalized spacial score (nSPS) is 19.3. The molecule has 0 saturated carbocycles. The molecule has 2 aliphatic rings. The molecule has 2 heterocycles. The zero-order valence-corrected chi connectivity index (χ0v) is 19.9. The van der Waals surface area contributed by atoms with E-state index in [4.69, 9.17) is 33.0 Å². The summed E-state index contributed by atoms with van der Waals surface area (Å²) in [5.41, 5.74) is 4.12. The van der Waals surface area contributed by atoms with Crippen molar-refractivity contribution in [2.45, 2.75) is 18.7 Å². The van der Waals surface area contributed by atoms with Crippen LogP contribution in [0, 0.1) is 0 Å². The number of hydrogen-bond acceptors (Lipinski definition) is 3. The Morgan fingerprint density at radius 1 is 0.906 bits per heavy atom. The second kappa shape index (κ2) is 7.80. The van der Waals surface area contributed by atoms with Crippen molar-refractivity contribution in [2.24, 2.45) is 5.10 Å². The van der Waals surface area contributed by atoms with Gasteiger partial charge in [-0.1, -0.05) is 87.7 Å².